The third-order valence-corrected chi connectivity index (χ3v) is 5.32. The standard InChI is InChI=1S/C21H31N3O4/c1-14-13-24(19(25)22-18-7-6-16(27-5)12-17(14)18)15-8-10-23(11-9-15)20(26)28-21(2,3)4/h6-7,12,14-15H,8-11,13H2,1-5H3,(H,22,25). The number of nitrogens with zero attached hydrogens (tertiary/aromatic N) is 2. The summed E-state index contributed by atoms with van der Waals surface area (Å²) >= 11 is 0. The van der Waals surface area contributed by atoms with Gasteiger partial charge in [-0.1, -0.05) is 6.92 Å². The SMILES string of the molecule is COc1ccc2c(c1)C(C)CN(C1CCN(C(=O)OC(C)(C)C)CC1)C(=O)N2. The van der Waals surface area contributed by atoms with E-state index in [9.17, 15) is 9.59 Å². The molecule has 2 aliphatic rings. The maximum atomic E-state index is 12.9. The monoisotopic (exact) mass is 389 g/mol. The number of anilines is 1. The van der Waals surface area contributed by atoms with Crippen LogP contribution in [0.15, 0.2) is 18.2 Å². The second-order valence-electron chi connectivity index (χ2n) is 8.64. The average molecular weight is 389 g/mol. The number of piperidine rings is 1. The quantitative estimate of drug-likeness (QED) is 0.828. The fourth-order valence-electron chi connectivity index (χ4n) is 3.85. The zero-order valence-electron chi connectivity index (χ0n) is 17.4. The van der Waals surface area contributed by atoms with E-state index in [1.165, 1.54) is 0 Å². The molecule has 1 N–H and O–H groups in total. The number of benzene rings is 1. The van der Waals surface area contributed by atoms with Crippen molar-refractivity contribution in [3.63, 3.8) is 0 Å². The molecule has 1 atom stereocenters. The van der Waals surface area contributed by atoms with Gasteiger partial charge in [-0.05, 0) is 57.4 Å². The number of ether oxygens (including phenoxy) is 2. The molecule has 2 heterocycles. The maximum absolute atomic E-state index is 12.9. The van der Waals surface area contributed by atoms with Gasteiger partial charge in [-0.2, -0.15) is 0 Å². The first kappa shape index (κ1) is 20.3. The van der Waals surface area contributed by atoms with Crippen LogP contribution >= 0.6 is 0 Å². The Labute approximate surface area is 167 Å². The predicted octanol–water partition coefficient (Wildman–Crippen LogP) is 4.05. The molecule has 3 amide bonds. The van der Waals surface area contributed by atoms with E-state index in [1.54, 1.807) is 12.0 Å². The number of likely N-dealkylation sites (tertiary alicyclic amines) is 1. The van der Waals surface area contributed by atoms with Gasteiger partial charge in [-0.25, -0.2) is 9.59 Å². The van der Waals surface area contributed by atoms with Crippen molar-refractivity contribution in [2.75, 3.05) is 32.1 Å². The first-order valence-electron chi connectivity index (χ1n) is 9.91. The summed E-state index contributed by atoms with van der Waals surface area (Å²) in [6, 6.07) is 5.79. The first-order valence-corrected chi connectivity index (χ1v) is 9.91. The second-order valence-corrected chi connectivity index (χ2v) is 8.64. The molecule has 0 bridgehead atoms. The number of hydrogen-bond donors (Lipinski definition) is 1. The molecule has 7 heteroatoms. The lowest BCUT2D eigenvalue weighted by molar-refractivity contribution is 0.0165. The number of carbonyl (C=O) groups is 2. The van der Waals surface area contributed by atoms with Crippen LogP contribution in [0.1, 0.15) is 52.0 Å². The smallest absolute Gasteiger partial charge is 0.410 e. The highest BCUT2D eigenvalue weighted by atomic mass is 16.6. The van der Waals surface area contributed by atoms with Gasteiger partial charge in [0.1, 0.15) is 11.4 Å². The summed E-state index contributed by atoms with van der Waals surface area (Å²) in [5.41, 5.74) is 1.43. The zero-order valence-corrected chi connectivity index (χ0v) is 17.4. The van der Waals surface area contributed by atoms with Gasteiger partial charge in [0, 0.05) is 37.3 Å². The van der Waals surface area contributed by atoms with E-state index < -0.39 is 5.60 Å². The number of carbonyl (C=O) groups excluding carboxylic acids is 2. The van der Waals surface area contributed by atoms with E-state index >= 15 is 0 Å². The van der Waals surface area contributed by atoms with E-state index in [4.69, 9.17) is 9.47 Å². The molecule has 1 saturated heterocycles. The molecule has 1 aromatic rings. The Kier molecular flexibility index (Phi) is 5.72. The van der Waals surface area contributed by atoms with Crippen molar-refractivity contribution in [2.45, 2.75) is 58.1 Å². The van der Waals surface area contributed by atoms with Crippen molar-refractivity contribution in [3.05, 3.63) is 23.8 Å². The maximum Gasteiger partial charge on any atom is 0.410 e. The molecule has 0 saturated carbocycles. The number of amides is 3. The molecule has 1 fully saturated rings. The Hall–Kier alpha value is -2.44. The van der Waals surface area contributed by atoms with Crippen molar-refractivity contribution >= 4 is 17.8 Å². The van der Waals surface area contributed by atoms with Crippen molar-refractivity contribution in [1.82, 2.24) is 9.80 Å². The number of rotatable bonds is 2. The minimum atomic E-state index is -0.499. The molecule has 0 aliphatic carbocycles. The van der Waals surface area contributed by atoms with Gasteiger partial charge >= 0.3 is 12.1 Å². The lowest BCUT2D eigenvalue weighted by Gasteiger charge is -2.38. The molecule has 7 nitrogen and oxygen atoms in total. The fraction of sp³-hybridized carbons (Fsp3) is 0.619. The molecule has 1 aromatic carbocycles. The Morgan fingerprint density at radius 1 is 1.21 bits per heavy atom. The van der Waals surface area contributed by atoms with Gasteiger partial charge < -0.3 is 24.6 Å². The van der Waals surface area contributed by atoms with Gasteiger partial charge in [0.2, 0.25) is 0 Å². The van der Waals surface area contributed by atoms with E-state index in [1.807, 2.05) is 43.9 Å². The average Bonchev–Trinajstić information content (AvgIpc) is 2.76. The number of methoxy groups -OCH3 is 1. The van der Waals surface area contributed by atoms with Crippen LogP contribution in [0.2, 0.25) is 0 Å². The first-order chi connectivity index (χ1) is 13.2. The molecule has 2 aliphatic heterocycles. The molecule has 1 unspecified atom stereocenters. The van der Waals surface area contributed by atoms with Gasteiger partial charge in [-0.3, -0.25) is 0 Å². The second kappa shape index (κ2) is 7.89. The van der Waals surface area contributed by atoms with Crippen LogP contribution in [0.4, 0.5) is 15.3 Å². The van der Waals surface area contributed by atoms with Gasteiger partial charge in [0.25, 0.3) is 0 Å². The minimum absolute atomic E-state index is 0.0773. The van der Waals surface area contributed by atoms with Crippen LogP contribution in [-0.2, 0) is 4.74 Å². The number of nitrogens with one attached hydrogen (secondary N) is 1. The highest BCUT2D eigenvalue weighted by Crippen LogP contribution is 2.33. The van der Waals surface area contributed by atoms with E-state index in [-0.39, 0.29) is 24.1 Å². The fourth-order valence-corrected chi connectivity index (χ4v) is 3.85. The molecule has 0 radical (unpaired) electrons. The number of urea groups is 1. The normalized spacial score (nSPS) is 20.9. The minimum Gasteiger partial charge on any atom is -0.497 e. The van der Waals surface area contributed by atoms with Crippen LogP contribution < -0.4 is 10.1 Å². The van der Waals surface area contributed by atoms with Crippen molar-refractivity contribution in [2.24, 2.45) is 0 Å². The molecule has 3 rings (SSSR count). The Morgan fingerprint density at radius 2 is 1.89 bits per heavy atom. The summed E-state index contributed by atoms with van der Waals surface area (Å²) in [6.45, 7) is 9.56. The van der Waals surface area contributed by atoms with Crippen LogP contribution in [0.25, 0.3) is 0 Å². The number of fused-ring (bicyclic) bond motifs is 1. The van der Waals surface area contributed by atoms with Gasteiger partial charge in [0.05, 0.1) is 7.11 Å². The Morgan fingerprint density at radius 3 is 2.50 bits per heavy atom. The largest absolute Gasteiger partial charge is 0.497 e. The summed E-state index contributed by atoms with van der Waals surface area (Å²) in [5.74, 6) is 0.979. The predicted molar refractivity (Wildman–Crippen MR) is 108 cm³/mol. The third-order valence-electron chi connectivity index (χ3n) is 5.32. The topological polar surface area (TPSA) is 71.1 Å². The van der Waals surface area contributed by atoms with Crippen molar-refractivity contribution in [3.8, 4) is 5.75 Å². The summed E-state index contributed by atoms with van der Waals surface area (Å²) in [4.78, 5) is 28.8. The zero-order chi connectivity index (χ0) is 20.5. The molecular weight excluding hydrogens is 358 g/mol. The van der Waals surface area contributed by atoms with Crippen LogP contribution in [-0.4, -0.2) is 60.3 Å². The Balaban J connectivity index is 1.66. The van der Waals surface area contributed by atoms with E-state index in [0.29, 0.717) is 19.6 Å². The van der Waals surface area contributed by atoms with E-state index in [2.05, 4.69) is 12.2 Å². The van der Waals surface area contributed by atoms with Crippen LogP contribution in [0, 0.1) is 0 Å². The summed E-state index contributed by atoms with van der Waals surface area (Å²) in [7, 11) is 1.65. The summed E-state index contributed by atoms with van der Waals surface area (Å²) < 4.78 is 10.8. The summed E-state index contributed by atoms with van der Waals surface area (Å²) in [5, 5.41) is 3.04. The molecule has 0 spiro atoms. The van der Waals surface area contributed by atoms with E-state index in [0.717, 1.165) is 29.8 Å². The lowest BCUT2D eigenvalue weighted by Crippen LogP contribution is -2.50. The lowest BCUT2D eigenvalue weighted by atomic mass is 9.97. The summed E-state index contributed by atoms with van der Waals surface area (Å²) in [6.07, 6.45) is 1.22. The number of hydrogen-bond acceptors (Lipinski definition) is 4. The Bertz CT molecular complexity index is 736. The highest BCUT2D eigenvalue weighted by molar-refractivity contribution is 5.91. The van der Waals surface area contributed by atoms with Crippen LogP contribution in [0.3, 0.4) is 0 Å². The van der Waals surface area contributed by atoms with Gasteiger partial charge in [-0.15, -0.1) is 0 Å². The molecular formula is C21H31N3O4. The molecule has 154 valence electrons. The molecule has 28 heavy (non-hydrogen) atoms. The highest BCUT2D eigenvalue weighted by Gasteiger charge is 2.34. The van der Waals surface area contributed by atoms with Crippen molar-refractivity contribution < 1.29 is 19.1 Å². The van der Waals surface area contributed by atoms with Gasteiger partial charge in [0.15, 0.2) is 0 Å². The third kappa shape index (κ3) is 4.51. The van der Waals surface area contributed by atoms with Crippen molar-refractivity contribution in [1.29, 1.82) is 0 Å². The molecule has 0 aromatic heterocycles. The van der Waals surface area contributed by atoms with Crippen LogP contribution in [0.5, 0.6) is 5.75 Å².